The fraction of sp³-hybridized carbons (Fsp3) is 0.600. The Labute approximate surface area is 154 Å². The summed E-state index contributed by atoms with van der Waals surface area (Å²) in [6.45, 7) is 8.75. The van der Waals surface area contributed by atoms with E-state index in [-0.39, 0.29) is 23.2 Å². The molecule has 0 saturated carbocycles. The lowest BCUT2D eigenvalue weighted by molar-refractivity contribution is -0.143. The van der Waals surface area contributed by atoms with E-state index in [0.29, 0.717) is 0 Å². The number of carbonyl (C=O) groups is 1. The number of nitrogens with zero attached hydrogens (tertiary/aromatic N) is 1. The highest BCUT2D eigenvalue weighted by atomic mass is 35.5. The maximum absolute atomic E-state index is 14.5. The Morgan fingerprint density at radius 2 is 1.92 bits per heavy atom. The van der Waals surface area contributed by atoms with E-state index in [0.717, 1.165) is 22.0 Å². The van der Waals surface area contributed by atoms with Gasteiger partial charge in [0.25, 0.3) is 0 Å². The summed E-state index contributed by atoms with van der Waals surface area (Å²) in [6.07, 6.45) is 1.10. The van der Waals surface area contributed by atoms with Gasteiger partial charge < -0.3 is 14.0 Å². The molecule has 0 atom stereocenters. The third-order valence-corrected chi connectivity index (χ3v) is 5.64. The Balaban J connectivity index is 2.24. The third kappa shape index (κ3) is 4.16. The van der Waals surface area contributed by atoms with Crippen LogP contribution in [0.1, 0.15) is 39.5 Å². The molecule has 0 spiro atoms. The maximum atomic E-state index is 14.5. The second kappa shape index (κ2) is 7.22. The first-order valence-corrected chi connectivity index (χ1v) is 8.95. The Hall–Kier alpha value is -1.16. The zero-order chi connectivity index (χ0) is 19.0. The van der Waals surface area contributed by atoms with Gasteiger partial charge in [0.2, 0.25) is 0 Å². The molecule has 1 aliphatic heterocycles. The summed E-state index contributed by atoms with van der Waals surface area (Å²) in [6, 6.07) is 0. The van der Waals surface area contributed by atoms with Crippen LogP contribution in [0.25, 0.3) is 6.08 Å². The largest absolute Gasteiger partial charge is 0.525 e. The summed E-state index contributed by atoms with van der Waals surface area (Å²) in [5.74, 6) is -0.591. The van der Waals surface area contributed by atoms with Gasteiger partial charge in [0.05, 0.1) is 22.7 Å². The van der Waals surface area contributed by atoms with Crippen LogP contribution in [0.15, 0.2) is 10.5 Å². The molecule has 25 heavy (non-hydrogen) atoms. The molecule has 1 aromatic heterocycles. The quantitative estimate of drug-likeness (QED) is 0.570. The van der Waals surface area contributed by atoms with Gasteiger partial charge in [-0.3, -0.25) is 14.2 Å². The number of hydrogen-bond acceptors (Lipinski definition) is 6. The van der Waals surface area contributed by atoms with E-state index in [1.54, 1.807) is 34.6 Å². The first-order chi connectivity index (χ1) is 11.5. The number of ether oxygens (including phenoxy) is 1. The fourth-order valence-electron chi connectivity index (χ4n) is 2.11. The smallest absolute Gasteiger partial charge is 0.465 e. The van der Waals surface area contributed by atoms with E-state index >= 15 is 0 Å². The summed E-state index contributed by atoms with van der Waals surface area (Å²) in [5.41, 5.74) is -2.07. The van der Waals surface area contributed by atoms with Crippen LogP contribution >= 0.6 is 22.9 Å². The Morgan fingerprint density at radius 3 is 2.44 bits per heavy atom. The molecule has 1 aliphatic rings. The Kier molecular flexibility index (Phi) is 5.83. The zero-order valence-corrected chi connectivity index (χ0v) is 16.3. The first-order valence-electron chi connectivity index (χ1n) is 7.76. The second-order valence-corrected chi connectivity index (χ2v) is 7.88. The van der Waals surface area contributed by atoms with Crippen molar-refractivity contribution < 1.29 is 23.2 Å². The van der Waals surface area contributed by atoms with Crippen molar-refractivity contribution in [2.24, 2.45) is 0 Å². The van der Waals surface area contributed by atoms with Crippen molar-refractivity contribution in [2.75, 3.05) is 6.61 Å². The Bertz CT molecular complexity index is 742. The van der Waals surface area contributed by atoms with E-state index in [2.05, 4.69) is 0 Å². The number of carbonyl (C=O) groups excluding carboxylic acids is 1. The normalized spacial score (nSPS) is 19.3. The van der Waals surface area contributed by atoms with Gasteiger partial charge in [0.15, 0.2) is 0 Å². The molecular formula is C15H20BClFNO5S. The van der Waals surface area contributed by atoms with Gasteiger partial charge >= 0.3 is 18.0 Å². The maximum Gasteiger partial charge on any atom is 0.525 e. The van der Waals surface area contributed by atoms with Crippen molar-refractivity contribution in [1.82, 2.24) is 4.57 Å². The highest BCUT2D eigenvalue weighted by Crippen LogP contribution is 2.39. The molecule has 0 bridgehead atoms. The molecule has 0 amide bonds. The lowest BCUT2D eigenvalue weighted by Crippen LogP contribution is -2.41. The van der Waals surface area contributed by atoms with Gasteiger partial charge in [-0.05, 0) is 40.7 Å². The number of halogens is 2. The van der Waals surface area contributed by atoms with E-state index < -0.39 is 34.9 Å². The highest BCUT2D eigenvalue weighted by molar-refractivity contribution is 7.10. The number of thiazole rings is 1. The number of hydrogen-bond donors (Lipinski definition) is 0. The van der Waals surface area contributed by atoms with Crippen LogP contribution in [0.5, 0.6) is 0 Å². The summed E-state index contributed by atoms with van der Waals surface area (Å²) in [4.78, 5) is 23.2. The van der Waals surface area contributed by atoms with Crippen molar-refractivity contribution in [2.45, 2.75) is 52.4 Å². The van der Waals surface area contributed by atoms with Crippen LogP contribution in [0.3, 0.4) is 0 Å². The summed E-state index contributed by atoms with van der Waals surface area (Å²) >= 11 is 6.84. The van der Waals surface area contributed by atoms with Crippen LogP contribution < -0.4 is 4.87 Å². The van der Waals surface area contributed by atoms with Gasteiger partial charge in [0.1, 0.15) is 17.4 Å². The van der Waals surface area contributed by atoms with Crippen molar-refractivity contribution >= 4 is 42.1 Å². The van der Waals surface area contributed by atoms with Crippen LogP contribution in [-0.2, 0) is 25.4 Å². The predicted octanol–water partition coefficient (Wildman–Crippen LogP) is 3.07. The van der Waals surface area contributed by atoms with Crippen molar-refractivity contribution in [3.63, 3.8) is 0 Å². The minimum atomic E-state index is -1.18. The Morgan fingerprint density at radius 1 is 1.36 bits per heavy atom. The topological polar surface area (TPSA) is 66.8 Å². The van der Waals surface area contributed by atoms with Crippen LogP contribution in [0, 0.1) is 0 Å². The molecule has 0 aromatic carbocycles. The molecule has 138 valence electrons. The standard InChI is InChI=1S/C15H20BClFNO5S/c1-6-22-11(20)8-19-12(17)9(25-13(19)21)7-10(18)16-23-14(2,3)15(4,5)24-16/h7H,6,8H2,1-5H3. The lowest BCUT2D eigenvalue weighted by atomic mass is 9.87. The molecule has 1 saturated heterocycles. The number of esters is 1. The molecule has 1 aromatic rings. The second-order valence-electron chi connectivity index (χ2n) is 6.53. The molecule has 0 N–H and O–H groups in total. The number of rotatable bonds is 5. The average molecular weight is 392 g/mol. The predicted molar refractivity (Wildman–Crippen MR) is 95.4 cm³/mol. The van der Waals surface area contributed by atoms with Gasteiger partial charge in [-0.25, -0.2) is 4.39 Å². The van der Waals surface area contributed by atoms with E-state index in [1.807, 2.05) is 0 Å². The van der Waals surface area contributed by atoms with Gasteiger partial charge in [-0.1, -0.05) is 22.9 Å². The van der Waals surface area contributed by atoms with Crippen molar-refractivity contribution in [3.05, 3.63) is 25.4 Å². The van der Waals surface area contributed by atoms with Crippen molar-refractivity contribution in [1.29, 1.82) is 0 Å². The molecule has 0 unspecified atom stereocenters. The summed E-state index contributed by atoms with van der Waals surface area (Å²) in [7, 11) is -1.18. The zero-order valence-electron chi connectivity index (χ0n) is 14.7. The molecule has 0 radical (unpaired) electrons. The monoisotopic (exact) mass is 391 g/mol. The van der Waals surface area contributed by atoms with Gasteiger partial charge in [-0.2, -0.15) is 0 Å². The van der Waals surface area contributed by atoms with Crippen LogP contribution in [0.4, 0.5) is 4.39 Å². The first kappa shape index (κ1) is 20.2. The van der Waals surface area contributed by atoms with Crippen LogP contribution in [0.2, 0.25) is 5.15 Å². The minimum Gasteiger partial charge on any atom is -0.465 e. The van der Waals surface area contributed by atoms with Crippen LogP contribution in [-0.4, -0.2) is 35.5 Å². The van der Waals surface area contributed by atoms with E-state index in [4.69, 9.17) is 25.6 Å². The SMILES string of the molecule is CCOC(=O)Cn1c(Cl)c(C=C(F)B2OC(C)(C)C(C)(C)O2)sc1=O. The molecule has 2 rings (SSSR count). The molecule has 2 heterocycles. The summed E-state index contributed by atoms with van der Waals surface area (Å²) in [5, 5.41) is -0.0327. The molecule has 1 fully saturated rings. The molecular weight excluding hydrogens is 371 g/mol. The number of aromatic nitrogens is 1. The molecule has 6 nitrogen and oxygen atoms in total. The van der Waals surface area contributed by atoms with Crippen molar-refractivity contribution in [3.8, 4) is 0 Å². The summed E-state index contributed by atoms with van der Waals surface area (Å²) < 4.78 is 31.6. The van der Waals surface area contributed by atoms with E-state index in [9.17, 15) is 14.0 Å². The molecule has 10 heteroatoms. The van der Waals surface area contributed by atoms with Gasteiger partial charge in [-0.15, -0.1) is 0 Å². The fourth-order valence-corrected chi connectivity index (χ4v) is 3.29. The van der Waals surface area contributed by atoms with E-state index in [1.165, 1.54) is 0 Å². The average Bonchev–Trinajstić information content (AvgIpc) is 2.86. The molecule has 0 aliphatic carbocycles. The lowest BCUT2D eigenvalue weighted by Gasteiger charge is -2.32. The highest BCUT2D eigenvalue weighted by Gasteiger charge is 2.53. The van der Waals surface area contributed by atoms with Gasteiger partial charge in [0, 0.05) is 0 Å². The third-order valence-electron chi connectivity index (χ3n) is 4.20. The minimum absolute atomic E-state index is 0.0327.